The van der Waals surface area contributed by atoms with Gasteiger partial charge in [0.2, 0.25) is 0 Å². The molecule has 0 saturated carbocycles. The number of nitro benzene ring substituents is 1. The summed E-state index contributed by atoms with van der Waals surface area (Å²) in [5.74, 6) is 0.275. The van der Waals surface area contributed by atoms with Crippen LogP contribution in [-0.2, 0) is 12.4 Å². The van der Waals surface area contributed by atoms with Crippen molar-refractivity contribution in [3.63, 3.8) is 0 Å². The van der Waals surface area contributed by atoms with Crippen molar-refractivity contribution in [2.45, 2.75) is 12.4 Å². The molecule has 0 aliphatic rings. The predicted molar refractivity (Wildman–Crippen MR) is 61.8 cm³/mol. The van der Waals surface area contributed by atoms with E-state index in [4.69, 9.17) is 11.6 Å². The fourth-order valence-electron chi connectivity index (χ4n) is 1.47. The molecule has 1 aromatic heterocycles. The van der Waals surface area contributed by atoms with Crippen LogP contribution in [0.15, 0.2) is 30.5 Å². The number of halogens is 1. The molecule has 0 aliphatic heterocycles. The molecule has 0 radical (unpaired) electrons. The molecule has 2 rings (SSSR count). The lowest BCUT2D eigenvalue weighted by Crippen LogP contribution is -2.03. The molecule has 0 bridgehead atoms. The zero-order valence-corrected chi connectivity index (χ0v) is 9.54. The lowest BCUT2D eigenvalue weighted by molar-refractivity contribution is -0.385. The first-order chi connectivity index (χ1) is 8.20. The van der Waals surface area contributed by atoms with Crippen LogP contribution in [0.4, 0.5) is 5.69 Å². The fourth-order valence-corrected chi connectivity index (χ4v) is 1.60. The van der Waals surface area contributed by atoms with E-state index < -0.39 is 4.92 Å². The second kappa shape index (κ2) is 4.92. The zero-order valence-electron chi connectivity index (χ0n) is 8.78. The van der Waals surface area contributed by atoms with Crippen molar-refractivity contribution in [3.8, 4) is 0 Å². The number of nitro groups is 1. The highest BCUT2D eigenvalue weighted by Crippen LogP contribution is 2.18. The van der Waals surface area contributed by atoms with Crippen molar-refractivity contribution < 1.29 is 4.92 Å². The molecule has 1 heterocycles. The number of nitrogens with zero attached hydrogens (tertiary/aromatic N) is 4. The van der Waals surface area contributed by atoms with E-state index in [1.807, 2.05) is 0 Å². The maximum absolute atomic E-state index is 10.8. The van der Waals surface area contributed by atoms with Gasteiger partial charge in [-0.25, -0.2) is 4.68 Å². The molecule has 6 nitrogen and oxygen atoms in total. The van der Waals surface area contributed by atoms with Gasteiger partial charge in [-0.1, -0.05) is 23.4 Å². The number of aromatic nitrogens is 3. The van der Waals surface area contributed by atoms with E-state index in [9.17, 15) is 10.1 Å². The predicted octanol–water partition coefficient (Wildman–Crippen LogP) is 1.97. The SMILES string of the molecule is O=[N+]([O-])c1ccccc1Cn1cc(CCl)nn1. The van der Waals surface area contributed by atoms with E-state index >= 15 is 0 Å². The summed E-state index contributed by atoms with van der Waals surface area (Å²) in [6, 6.07) is 6.55. The van der Waals surface area contributed by atoms with Gasteiger partial charge >= 0.3 is 0 Å². The lowest BCUT2D eigenvalue weighted by atomic mass is 10.2. The molecule has 2 aromatic rings. The van der Waals surface area contributed by atoms with Gasteiger partial charge in [0.05, 0.1) is 34.8 Å². The maximum atomic E-state index is 10.8. The Kier molecular flexibility index (Phi) is 3.34. The third-order valence-electron chi connectivity index (χ3n) is 2.24. The molecule has 1 aromatic carbocycles. The summed E-state index contributed by atoms with van der Waals surface area (Å²) in [4.78, 5) is 10.4. The highest BCUT2D eigenvalue weighted by atomic mass is 35.5. The molecule has 0 unspecified atom stereocenters. The summed E-state index contributed by atoms with van der Waals surface area (Å²) in [5, 5.41) is 18.5. The van der Waals surface area contributed by atoms with Crippen LogP contribution in [0, 0.1) is 10.1 Å². The molecule has 0 fully saturated rings. The van der Waals surface area contributed by atoms with Crippen LogP contribution in [0.5, 0.6) is 0 Å². The first kappa shape index (κ1) is 11.5. The van der Waals surface area contributed by atoms with Crippen molar-refractivity contribution in [1.82, 2.24) is 15.0 Å². The van der Waals surface area contributed by atoms with Gasteiger partial charge in [0.25, 0.3) is 5.69 Å². The van der Waals surface area contributed by atoms with Gasteiger partial charge < -0.3 is 0 Å². The van der Waals surface area contributed by atoms with Crippen LogP contribution in [0.3, 0.4) is 0 Å². The Labute approximate surface area is 102 Å². The molecule has 0 amide bonds. The van der Waals surface area contributed by atoms with Gasteiger partial charge in [0.15, 0.2) is 0 Å². The first-order valence-corrected chi connectivity index (χ1v) is 5.41. The van der Waals surface area contributed by atoms with Crippen LogP contribution < -0.4 is 0 Å². The molecular weight excluding hydrogens is 244 g/mol. The summed E-state index contributed by atoms with van der Waals surface area (Å²) in [5.41, 5.74) is 1.31. The van der Waals surface area contributed by atoms with Gasteiger partial charge in [-0.15, -0.1) is 16.7 Å². The minimum absolute atomic E-state index is 0.0791. The number of para-hydroxylation sites is 1. The molecule has 0 aliphatic carbocycles. The highest BCUT2D eigenvalue weighted by molar-refractivity contribution is 6.16. The third kappa shape index (κ3) is 2.59. The molecular formula is C10H9ClN4O2. The Morgan fingerprint density at radius 3 is 2.82 bits per heavy atom. The van der Waals surface area contributed by atoms with Crippen molar-refractivity contribution >= 4 is 17.3 Å². The van der Waals surface area contributed by atoms with E-state index in [-0.39, 0.29) is 11.6 Å². The van der Waals surface area contributed by atoms with Gasteiger partial charge in [-0.3, -0.25) is 10.1 Å². The van der Waals surface area contributed by atoms with E-state index in [0.29, 0.717) is 17.8 Å². The summed E-state index contributed by atoms with van der Waals surface area (Å²) in [6.07, 6.45) is 1.67. The monoisotopic (exact) mass is 252 g/mol. The Hall–Kier alpha value is -1.95. The highest BCUT2D eigenvalue weighted by Gasteiger charge is 2.13. The fraction of sp³-hybridized carbons (Fsp3) is 0.200. The number of alkyl halides is 1. The molecule has 88 valence electrons. The smallest absolute Gasteiger partial charge is 0.258 e. The van der Waals surface area contributed by atoms with Crippen molar-refractivity contribution in [1.29, 1.82) is 0 Å². The van der Waals surface area contributed by atoms with Crippen LogP contribution in [-0.4, -0.2) is 19.9 Å². The Bertz CT molecular complexity index is 541. The Morgan fingerprint density at radius 2 is 2.18 bits per heavy atom. The van der Waals surface area contributed by atoms with Crippen LogP contribution in [0.1, 0.15) is 11.3 Å². The molecule has 17 heavy (non-hydrogen) atoms. The van der Waals surface area contributed by atoms with Crippen molar-refractivity contribution in [2.24, 2.45) is 0 Å². The summed E-state index contributed by atoms with van der Waals surface area (Å²) in [6.45, 7) is 0.307. The van der Waals surface area contributed by atoms with E-state index in [1.54, 1.807) is 24.4 Å². The van der Waals surface area contributed by atoms with Gasteiger partial charge in [0, 0.05) is 6.07 Å². The average molecular weight is 253 g/mol. The lowest BCUT2D eigenvalue weighted by Gasteiger charge is -2.01. The largest absolute Gasteiger partial charge is 0.274 e. The molecule has 0 atom stereocenters. The maximum Gasteiger partial charge on any atom is 0.274 e. The summed E-state index contributed by atoms with van der Waals surface area (Å²) in [7, 11) is 0. The average Bonchev–Trinajstić information content (AvgIpc) is 2.77. The Morgan fingerprint density at radius 1 is 1.41 bits per heavy atom. The van der Waals surface area contributed by atoms with E-state index in [1.165, 1.54) is 10.7 Å². The number of benzene rings is 1. The molecule has 0 spiro atoms. The molecule has 0 N–H and O–H groups in total. The normalized spacial score (nSPS) is 10.4. The quantitative estimate of drug-likeness (QED) is 0.474. The molecule has 0 saturated heterocycles. The summed E-state index contributed by atoms with van der Waals surface area (Å²) >= 11 is 5.60. The number of rotatable bonds is 4. The van der Waals surface area contributed by atoms with E-state index in [2.05, 4.69) is 10.3 Å². The minimum Gasteiger partial charge on any atom is -0.258 e. The van der Waals surface area contributed by atoms with Crippen LogP contribution >= 0.6 is 11.6 Å². The van der Waals surface area contributed by atoms with Crippen molar-refractivity contribution in [2.75, 3.05) is 0 Å². The minimum atomic E-state index is -0.408. The van der Waals surface area contributed by atoms with Gasteiger partial charge in [-0.05, 0) is 0 Å². The first-order valence-electron chi connectivity index (χ1n) is 4.88. The Balaban J connectivity index is 2.26. The second-order valence-electron chi connectivity index (χ2n) is 3.43. The number of hydrogen-bond donors (Lipinski definition) is 0. The van der Waals surface area contributed by atoms with Crippen molar-refractivity contribution in [3.05, 3.63) is 51.8 Å². The van der Waals surface area contributed by atoms with Crippen LogP contribution in [0.2, 0.25) is 0 Å². The third-order valence-corrected chi connectivity index (χ3v) is 2.52. The standard InChI is InChI=1S/C10H9ClN4O2/c11-5-9-7-14(13-12-9)6-8-3-1-2-4-10(8)15(16)17/h1-4,7H,5-6H2. The molecule has 7 heteroatoms. The number of hydrogen-bond acceptors (Lipinski definition) is 4. The summed E-state index contributed by atoms with van der Waals surface area (Å²) < 4.78 is 1.53. The zero-order chi connectivity index (χ0) is 12.3. The van der Waals surface area contributed by atoms with Gasteiger partial charge in [-0.2, -0.15) is 0 Å². The van der Waals surface area contributed by atoms with Crippen LogP contribution in [0.25, 0.3) is 0 Å². The second-order valence-corrected chi connectivity index (χ2v) is 3.69. The van der Waals surface area contributed by atoms with Gasteiger partial charge in [0.1, 0.15) is 0 Å². The topological polar surface area (TPSA) is 73.8 Å². The van der Waals surface area contributed by atoms with E-state index in [0.717, 1.165) is 0 Å².